The maximum atomic E-state index is 10.3. The summed E-state index contributed by atoms with van der Waals surface area (Å²) in [5.74, 6) is 0. The van der Waals surface area contributed by atoms with E-state index in [0.717, 1.165) is 12.0 Å². The van der Waals surface area contributed by atoms with Gasteiger partial charge < -0.3 is 10.8 Å². The summed E-state index contributed by atoms with van der Waals surface area (Å²) in [5, 5.41) is 14.5. The molecule has 0 aromatic carbocycles. The van der Waals surface area contributed by atoms with Crippen molar-refractivity contribution in [1.82, 2.24) is 9.78 Å². The Morgan fingerprint density at radius 1 is 1.56 bits per heavy atom. The van der Waals surface area contributed by atoms with Crippen molar-refractivity contribution in [3.05, 3.63) is 18.0 Å². The van der Waals surface area contributed by atoms with E-state index in [1.165, 1.54) is 0 Å². The molecule has 4 nitrogen and oxygen atoms in total. The van der Waals surface area contributed by atoms with Crippen LogP contribution in [0.4, 0.5) is 0 Å². The molecular formula is C12H23N3O. The predicted molar refractivity (Wildman–Crippen MR) is 65.0 cm³/mol. The Balaban J connectivity index is 2.91. The smallest absolute Gasteiger partial charge is 0.0885 e. The fraction of sp³-hybridized carbons (Fsp3) is 0.750. The number of aliphatic hydroxyl groups is 1. The van der Waals surface area contributed by atoms with Crippen molar-refractivity contribution in [1.29, 1.82) is 0 Å². The average molecular weight is 225 g/mol. The lowest BCUT2D eigenvalue weighted by atomic mass is 9.79. The minimum Gasteiger partial charge on any atom is -0.388 e. The van der Waals surface area contributed by atoms with Gasteiger partial charge in [-0.05, 0) is 20.3 Å². The number of aromatic nitrogens is 2. The van der Waals surface area contributed by atoms with Gasteiger partial charge in [0.15, 0.2) is 0 Å². The van der Waals surface area contributed by atoms with Crippen LogP contribution in [0.5, 0.6) is 0 Å². The molecule has 0 radical (unpaired) electrons. The topological polar surface area (TPSA) is 64.1 Å². The molecule has 0 fully saturated rings. The van der Waals surface area contributed by atoms with Crippen LogP contribution >= 0.6 is 0 Å². The summed E-state index contributed by atoms with van der Waals surface area (Å²) in [6, 6.07) is 0.312. The summed E-state index contributed by atoms with van der Waals surface area (Å²) < 4.78 is 1.85. The molecule has 0 bridgehead atoms. The monoisotopic (exact) mass is 225 g/mol. The second kappa shape index (κ2) is 4.97. The molecule has 1 aromatic rings. The first-order chi connectivity index (χ1) is 7.44. The number of nitrogens with zero attached hydrogens (tertiary/aromatic N) is 2. The lowest BCUT2D eigenvalue weighted by Crippen LogP contribution is -2.33. The summed E-state index contributed by atoms with van der Waals surface area (Å²) >= 11 is 0. The first-order valence-corrected chi connectivity index (χ1v) is 5.86. The zero-order chi connectivity index (χ0) is 12.3. The molecule has 92 valence electrons. The van der Waals surface area contributed by atoms with Gasteiger partial charge in [-0.2, -0.15) is 5.10 Å². The van der Waals surface area contributed by atoms with Gasteiger partial charge in [0.05, 0.1) is 12.3 Å². The molecule has 2 unspecified atom stereocenters. The van der Waals surface area contributed by atoms with Gasteiger partial charge in [0.25, 0.3) is 0 Å². The van der Waals surface area contributed by atoms with Crippen LogP contribution in [0.25, 0.3) is 0 Å². The minimum absolute atomic E-state index is 0.273. The van der Waals surface area contributed by atoms with Gasteiger partial charge in [-0.15, -0.1) is 0 Å². The molecule has 0 amide bonds. The lowest BCUT2D eigenvalue weighted by molar-refractivity contribution is 0.0391. The molecule has 1 heterocycles. The average Bonchev–Trinajstić information content (AvgIpc) is 2.76. The Morgan fingerprint density at radius 3 is 2.56 bits per heavy atom. The summed E-state index contributed by atoms with van der Waals surface area (Å²) in [5.41, 5.74) is 6.31. The highest BCUT2D eigenvalue weighted by molar-refractivity contribution is 5.12. The summed E-state index contributed by atoms with van der Waals surface area (Å²) in [4.78, 5) is 0. The van der Waals surface area contributed by atoms with Crippen molar-refractivity contribution in [3.63, 3.8) is 0 Å². The number of hydrogen-bond donors (Lipinski definition) is 2. The number of nitrogens with two attached hydrogens (primary N) is 1. The molecule has 3 N–H and O–H groups in total. The van der Waals surface area contributed by atoms with E-state index in [1.54, 1.807) is 6.20 Å². The van der Waals surface area contributed by atoms with E-state index in [4.69, 9.17) is 5.73 Å². The van der Waals surface area contributed by atoms with E-state index in [9.17, 15) is 5.11 Å². The Bertz CT molecular complexity index is 329. The normalized spacial score (nSPS) is 17.4. The van der Waals surface area contributed by atoms with Gasteiger partial charge in [0.2, 0.25) is 0 Å². The van der Waals surface area contributed by atoms with Crippen LogP contribution in [0, 0.1) is 5.41 Å². The van der Waals surface area contributed by atoms with Crippen molar-refractivity contribution in [2.75, 3.05) is 6.54 Å². The lowest BCUT2D eigenvalue weighted by Gasteiger charge is -2.31. The van der Waals surface area contributed by atoms with Crippen molar-refractivity contribution in [3.8, 4) is 0 Å². The van der Waals surface area contributed by atoms with Crippen LogP contribution in [0.3, 0.4) is 0 Å². The van der Waals surface area contributed by atoms with Crippen LogP contribution in [0.1, 0.15) is 51.8 Å². The van der Waals surface area contributed by atoms with Gasteiger partial charge in [-0.1, -0.05) is 13.8 Å². The van der Waals surface area contributed by atoms with E-state index < -0.39 is 6.10 Å². The third-order valence-corrected chi connectivity index (χ3v) is 3.40. The molecule has 16 heavy (non-hydrogen) atoms. The Labute approximate surface area is 97.5 Å². The minimum atomic E-state index is -0.546. The molecule has 0 spiro atoms. The summed E-state index contributed by atoms with van der Waals surface area (Å²) in [7, 11) is 0. The van der Waals surface area contributed by atoms with Crippen LogP contribution in [-0.4, -0.2) is 21.4 Å². The number of rotatable bonds is 5. The second-order valence-corrected chi connectivity index (χ2v) is 4.96. The Hall–Kier alpha value is -0.870. The van der Waals surface area contributed by atoms with Crippen LogP contribution < -0.4 is 5.73 Å². The summed E-state index contributed by atoms with van der Waals surface area (Å²) in [6.07, 6.45) is 3.93. The maximum absolute atomic E-state index is 10.3. The fourth-order valence-corrected chi connectivity index (χ4v) is 1.63. The Morgan fingerprint density at radius 2 is 2.19 bits per heavy atom. The molecule has 2 atom stereocenters. The van der Waals surface area contributed by atoms with Crippen LogP contribution in [-0.2, 0) is 0 Å². The molecule has 0 saturated heterocycles. The van der Waals surface area contributed by atoms with Gasteiger partial charge >= 0.3 is 0 Å². The zero-order valence-corrected chi connectivity index (χ0v) is 10.6. The molecule has 1 aromatic heterocycles. The van der Waals surface area contributed by atoms with Crippen molar-refractivity contribution in [2.45, 2.75) is 46.3 Å². The van der Waals surface area contributed by atoms with E-state index >= 15 is 0 Å². The first kappa shape index (κ1) is 13.2. The van der Waals surface area contributed by atoms with Gasteiger partial charge in [0.1, 0.15) is 0 Å². The van der Waals surface area contributed by atoms with Gasteiger partial charge in [-0.3, -0.25) is 4.68 Å². The fourth-order valence-electron chi connectivity index (χ4n) is 1.63. The Kier molecular flexibility index (Phi) is 4.10. The number of aliphatic hydroxyl groups excluding tert-OH is 1. The van der Waals surface area contributed by atoms with Crippen molar-refractivity contribution in [2.24, 2.45) is 11.1 Å². The third-order valence-electron chi connectivity index (χ3n) is 3.40. The van der Waals surface area contributed by atoms with Gasteiger partial charge in [-0.25, -0.2) is 0 Å². The van der Waals surface area contributed by atoms with Crippen molar-refractivity contribution < 1.29 is 5.11 Å². The molecular weight excluding hydrogens is 202 g/mol. The van der Waals surface area contributed by atoms with E-state index in [-0.39, 0.29) is 5.41 Å². The van der Waals surface area contributed by atoms with E-state index in [0.29, 0.717) is 12.6 Å². The highest BCUT2D eigenvalue weighted by atomic mass is 16.3. The quantitative estimate of drug-likeness (QED) is 0.804. The van der Waals surface area contributed by atoms with Crippen LogP contribution in [0.15, 0.2) is 12.4 Å². The highest BCUT2D eigenvalue weighted by Crippen LogP contribution is 2.35. The molecule has 0 aliphatic rings. The van der Waals surface area contributed by atoms with Crippen LogP contribution in [0.2, 0.25) is 0 Å². The summed E-state index contributed by atoms with van der Waals surface area (Å²) in [6.45, 7) is 8.64. The third kappa shape index (κ3) is 2.44. The highest BCUT2D eigenvalue weighted by Gasteiger charge is 2.31. The standard InChI is InChI=1S/C12H23N3O/c1-5-12(4,8-13)11(16)10-6-14-15(7-10)9(2)3/h6-7,9,11,16H,5,8,13H2,1-4H3. The zero-order valence-electron chi connectivity index (χ0n) is 10.6. The van der Waals surface area contributed by atoms with E-state index in [1.807, 2.05) is 24.7 Å². The largest absolute Gasteiger partial charge is 0.388 e. The van der Waals surface area contributed by atoms with Crippen molar-refractivity contribution >= 4 is 0 Å². The SMILES string of the molecule is CCC(C)(CN)C(O)c1cnn(C(C)C)c1. The molecule has 0 aliphatic carbocycles. The number of hydrogen-bond acceptors (Lipinski definition) is 3. The molecule has 0 aliphatic heterocycles. The molecule has 4 heteroatoms. The molecule has 0 saturated carbocycles. The first-order valence-electron chi connectivity index (χ1n) is 5.86. The maximum Gasteiger partial charge on any atom is 0.0885 e. The second-order valence-electron chi connectivity index (χ2n) is 4.96. The predicted octanol–water partition coefficient (Wildman–Crippen LogP) is 1.87. The van der Waals surface area contributed by atoms with Gasteiger partial charge in [0, 0.05) is 29.8 Å². The molecule has 1 rings (SSSR count). The van der Waals surface area contributed by atoms with E-state index in [2.05, 4.69) is 18.9 Å².